The smallest absolute Gasteiger partial charge is 0.311 e. The molecule has 0 aliphatic rings. The second kappa shape index (κ2) is 39.0. The van der Waals surface area contributed by atoms with Gasteiger partial charge in [0.05, 0.1) is 30.7 Å². The number of ether oxygens (including phenoxy) is 2. The molecule has 16 heteroatoms. The summed E-state index contributed by atoms with van der Waals surface area (Å²) in [7, 11) is 0. The zero-order valence-corrected chi connectivity index (χ0v) is 44.1. The van der Waals surface area contributed by atoms with Crippen LogP contribution in [0.2, 0.25) is 0 Å². The Balaban J connectivity index is -0.000000389. The molecule has 0 aromatic rings. The van der Waals surface area contributed by atoms with Crippen LogP contribution in [0.1, 0.15) is 156 Å². The molecule has 3 amide bonds. The van der Waals surface area contributed by atoms with Crippen molar-refractivity contribution in [1.29, 1.82) is 0 Å². The van der Waals surface area contributed by atoms with Crippen molar-refractivity contribution < 1.29 is 62.8 Å². The van der Waals surface area contributed by atoms with Crippen LogP contribution in [-0.2, 0) is 62.8 Å². The van der Waals surface area contributed by atoms with E-state index in [4.69, 9.17) is 38.8 Å². The Labute approximate surface area is 399 Å². The fraction of sp³-hybridized carbons (Fsp3) is 0.740. The molecular weight excluding hydrogens is 851 g/mol. The van der Waals surface area contributed by atoms with Gasteiger partial charge in [0.25, 0.3) is 0 Å². The van der Waals surface area contributed by atoms with Gasteiger partial charge in [-0.05, 0) is 100 Å². The van der Waals surface area contributed by atoms with Crippen molar-refractivity contribution in [2.24, 2.45) is 21.7 Å². The van der Waals surface area contributed by atoms with E-state index in [1.54, 1.807) is 26.8 Å². The van der Waals surface area contributed by atoms with Crippen LogP contribution in [0.15, 0.2) is 49.3 Å². The van der Waals surface area contributed by atoms with Crippen LogP contribution in [0.25, 0.3) is 0 Å². The van der Waals surface area contributed by atoms with Crippen molar-refractivity contribution in [3.8, 4) is 0 Å². The Kier molecular flexibility index (Phi) is 40.4. The van der Waals surface area contributed by atoms with E-state index in [0.717, 1.165) is 50.5 Å². The zero-order chi connectivity index (χ0) is 52.0. The van der Waals surface area contributed by atoms with Crippen LogP contribution >= 0.6 is 0 Å². The van der Waals surface area contributed by atoms with E-state index < -0.39 is 10.8 Å². The third-order valence-electron chi connectivity index (χ3n) is 9.97. The molecule has 0 saturated heterocycles. The van der Waals surface area contributed by atoms with Gasteiger partial charge in [-0.1, -0.05) is 86.8 Å². The fourth-order valence-corrected chi connectivity index (χ4v) is 3.53. The molecule has 0 aromatic carbocycles. The molecule has 0 saturated carbocycles. The quantitative estimate of drug-likeness (QED) is 0.0110. The highest BCUT2D eigenvalue weighted by molar-refractivity contribution is 5.92. The van der Waals surface area contributed by atoms with Crippen molar-refractivity contribution in [3.05, 3.63) is 49.3 Å². The van der Waals surface area contributed by atoms with Gasteiger partial charge in [0, 0.05) is 36.0 Å². The standard InChI is InChI=1S/C14H25NO3.C13H24O4.C12H23NO3.C11H21NO3/c1-6-14(4,5)13(17)18-10-8-7-9-15-12(16)11(2)3;1-7-13(5,6)12(14)15-9-11(4)17-16-8-10(2)3;1-6-12(4,5)11(14)13-8-7-9-15-16-10(2)3;1-5-8-14-15-9-7-12-10(13)11(3,4)6-2/h2,6-10H2,1,3-5H3,(H,15,16);11H,2,7-9H2,1,3-6H3;2,6-9H2,1,3-5H3,(H,13,14);5H,1,6-9H2,2-4H3,(H,12,13). The molecule has 1 atom stereocenters. The average molecular weight is 944 g/mol. The highest BCUT2D eigenvalue weighted by Gasteiger charge is 2.28. The number of carbonyl (C=O) groups excluding carboxylic acids is 5. The van der Waals surface area contributed by atoms with Gasteiger partial charge >= 0.3 is 11.9 Å². The number of esters is 2. The minimum Gasteiger partial charge on any atom is -0.465 e. The maximum Gasteiger partial charge on any atom is 0.311 e. The molecule has 0 aromatic heterocycles. The summed E-state index contributed by atoms with van der Waals surface area (Å²) in [6, 6.07) is 0. The summed E-state index contributed by atoms with van der Waals surface area (Å²) in [4.78, 5) is 86.6. The van der Waals surface area contributed by atoms with Gasteiger partial charge in [0.15, 0.2) is 0 Å². The molecule has 386 valence electrons. The first kappa shape index (κ1) is 68.5. The Hall–Kier alpha value is -4.09. The number of unbranched alkanes of at least 4 members (excludes halogenated alkanes) is 1. The van der Waals surface area contributed by atoms with Crippen LogP contribution in [0, 0.1) is 21.7 Å². The van der Waals surface area contributed by atoms with Gasteiger partial charge in [0.2, 0.25) is 17.7 Å². The van der Waals surface area contributed by atoms with Gasteiger partial charge in [-0.2, -0.15) is 4.89 Å². The molecule has 3 N–H and O–H groups in total. The predicted molar refractivity (Wildman–Crippen MR) is 261 cm³/mol. The number of hydrogen-bond donors (Lipinski definition) is 3. The molecule has 16 nitrogen and oxygen atoms in total. The zero-order valence-electron chi connectivity index (χ0n) is 44.1. The highest BCUT2D eigenvalue weighted by atomic mass is 17.2. The van der Waals surface area contributed by atoms with E-state index >= 15 is 0 Å². The molecule has 0 bridgehead atoms. The van der Waals surface area contributed by atoms with E-state index in [1.165, 1.54) is 0 Å². The summed E-state index contributed by atoms with van der Waals surface area (Å²) in [6.07, 6.45) is 6.72. The average Bonchev–Trinajstić information content (AvgIpc) is 3.26. The lowest BCUT2D eigenvalue weighted by molar-refractivity contribution is -0.319. The van der Waals surface area contributed by atoms with Crippen molar-refractivity contribution in [2.75, 3.05) is 59.3 Å². The molecule has 0 aliphatic heterocycles. The number of amides is 3. The van der Waals surface area contributed by atoms with Gasteiger partial charge in [0.1, 0.15) is 31.7 Å². The third kappa shape index (κ3) is 39.1. The summed E-state index contributed by atoms with van der Waals surface area (Å²) >= 11 is 0. The minimum atomic E-state index is -0.446. The van der Waals surface area contributed by atoms with Crippen LogP contribution in [0.4, 0.5) is 0 Å². The van der Waals surface area contributed by atoms with E-state index in [0.29, 0.717) is 64.0 Å². The molecule has 0 radical (unpaired) electrons. The first-order chi connectivity index (χ1) is 30.5. The topological polar surface area (TPSA) is 195 Å². The molecule has 1 unspecified atom stereocenters. The van der Waals surface area contributed by atoms with Gasteiger partial charge in [-0.15, -0.1) is 6.58 Å². The van der Waals surface area contributed by atoms with Crippen LogP contribution < -0.4 is 16.0 Å². The lowest BCUT2D eigenvalue weighted by Gasteiger charge is -2.21. The molecule has 0 fully saturated rings. The number of carbonyl (C=O) groups is 5. The normalized spacial score (nSPS) is 11.6. The van der Waals surface area contributed by atoms with E-state index in [9.17, 15) is 24.0 Å². The Morgan fingerprint density at radius 2 is 1.06 bits per heavy atom. The second-order valence-corrected chi connectivity index (χ2v) is 18.4. The number of nitrogens with one attached hydrogen (secondary N) is 3. The lowest BCUT2D eigenvalue weighted by atomic mass is 9.89. The van der Waals surface area contributed by atoms with Gasteiger partial charge in [-0.3, -0.25) is 24.0 Å². The lowest BCUT2D eigenvalue weighted by Crippen LogP contribution is -2.38. The highest BCUT2D eigenvalue weighted by Crippen LogP contribution is 2.23. The van der Waals surface area contributed by atoms with Crippen molar-refractivity contribution in [2.45, 2.75) is 162 Å². The summed E-state index contributed by atoms with van der Waals surface area (Å²) in [5.41, 5.74) is -0.0869. The SMILES string of the molecule is C=C(C)C(=O)NCCCCOC(=O)C(C)(C)CC.C=C(C)COOC(C)COC(=O)C(C)(C)CC.C=C(C)OOCCCNC(=O)C(C)(C)CC.C=CCOOCCNC(=O)C(C)(C)CC. The van der Waals surface area contributed by atoms with Crippen LogP contribution in [0.3, 0.4) is 0 Å². The predicted octanol–water partition coefficient (Wildman–Crippen LogP) is 9.40. The van der Waals surface area contributed by atoms with Crippen molar-refractivity contribution in [3.63, 3.8) is 0 Å². The van der Waals surface area contributed by atoms with E-state index in [-0.39, 0.29) is 53.2 Å². The maximum atomic E-state index is 11.6. The van der Waals surface area contributed by atoms with Crippen molar-refractivity contribution >= 4 is 29.7 Å². The Morgan fingerprint density at radius 3 is 1.52 bits per heavy atom. The molecule has 66 heavy (non-hydrogen) atoms. The summed E-state index contributed by atoms with van der Waals surface area (Å²) in [6.45, 7) is 48.1. The summed E-state index contributed by atoms with van der Waals surface area (Å²) < 4.78 is 10.3. The Bertz CT molecular complexity index is 1420. The van der Waals surface area contributed by atoms with E-state index in [2.05, 4.69) is 42.3 Å². The van der Waals surface area contributed by atoms with Crippen LogP contribution in [0.5, 0.6) is 0 Å². The largest absolute Gasteiger partial charge is 0.465 e. The number of hydrogen-bond acceptors (Lipinski definition) is 13. The monoisotopic (exact) mass is 944 g/mol. The molecule has 0 heterocycles. The number of rotatable bonds is 32. The first-order valence-electron chi connectivity index (χ1n) is 23.1. The van der Waals surface area contributed by atoms with Crippen molar-refractivity contribution in [1.82, 2.24) is 16.0 Å². The molecular formula is C50H93N3O13. The molecule has 0 aliphatic carbocycles. The maximum absolute atomic E-state index is 11.6. The molecule has 0 spiro atoms. The molecule has 0 rings (SSSR count). The second-order valence-electron chi connectivity index (χ2n) is 18.4. The first-order valence-corrected chi connectivity index (χ1v) is 23.1. The van der Waals surface area contributed by atoms with E-state index in [1.807, 2.05) is 90.0 Å². The summed E-state index contributed by atoms with van der Waals surface area (Å²) in [5.74, 6) is 0.148. The minimum absolute atomic E-state index is 0.0392. The summed E-state index contributed by atoms with van der Waals surface area (Å²) in [5, 5.41) is 8.38. The fourth-order valence-electron chi connectivity index (χ4n) is 3.53. The Morgan fingerprint density at radius 1 is 0.576 bits per heavy atom. The number of allylic oxidation sites excluding steroid dienone is 1. The van der Waals surface area contributed by atoms with Crippen LogP contribution in [-0.4, -0.2) is 95.0 Å². The van der Waals surface area contributed by atoms with Gasteiger partial charge in [-0.25, -0.2) is 19.6 Å². The van der Waals surface area contributed by atoms with Gasteiger partial charge < -0.3 is 30.3 Å². The third-order valence-corrected chi connectivity index (χ3v) is 9.97.